The largest absolute Gasteiger partial charge is 0.443 e. The van der Waals surface area contributed by atoms with Crippen molar-refractivity contribution in [1.82, 2.24) is 4.98 Å². The molecule has 0 saturated carbocycles. The predicted octanol–water partition coefficient (Wildman–Crippen LogP) is 0.944. The Balaban J connectivity index is 2.30. The van der Waals surface area contributed by atoms with Crippen molar-refractivity contribution in [3.05, 3.63) is 17.8 Å². The van der Waals surface area contributed by atoms with Crippen molar-refractivity contribution in [2.45, 2.75) is 31.1 Å². The minimum atomic E-state index is -3.05. The maximum absolute atomic E-state index is 11.6. The monoisotopic (exact) mass is 230 g/mol. The maximum Gasteiger partial charge on any atom is 0.212 e. The van der Waals surface area contributed by atoms with Crippen LogP contribution in [0.4, 0.5) is 0 Å². The number of rotatable bonds is 2. The first kappa shape index (κ1) is 10.6. The molecule has 84 valence electrons. The molecule has 2 atom stereocenters. The topological polar surface area (TPSA) is 86.2 Å². The number of aromatic nitrogens is 1. The Bertz CT molecular complexity index is 450. The van der Waals surface area contributed by atoms with Crippen LogP contribution in [0.15, 0.2) is 10.6 Å². The van der Waals surface area contributed by atoms with Gasteiger partial charge in [0.05, 0.1) is 18.0 Å². The lowest BCUT2D eigenvalue weighted by atomic mass is 10.2. The molecule has 2 heterocycles. The van der Waals surface area contributed by atoms with Gasteiger partial charge >= 0.3 is 0 Å². The Hall–Kier alpha value is -0.880. The van der Waals surface area contributed by atoms with Crippen molar-refractivity contribution >= 4 is 9.84 Å². The van der Waals surface area contributed by atoms with Crippen LogP contribution in [0.1, 0.15) is 42.7 Å². The van der Waals surface area contributed by atoms with Gasteiger partial charge in [-0.2, -0.15) is 0 Å². The van der Waals surface area contributed by atoms with Gasteiger partial charge in [0.25, 0.3) is 0 Å². The Kier molecular flexibility index (Phi) is 2.56. The van der Waals surface area contributed by atoms with Gasteiger partial charge in [0.1, 0.15) is 11.0 Å². The molecule has 2 unspecified atom stereocenters. The fourth-order valence-corrected chi connectivity index (χ4v) is 3.52. The minimum absolute atomic E-state index is 0.230. The normalized spacial score (nSPS) is 26.7. The molecule has 0 aliphatic carbocycles. The molecule has 0 amide bonds. The van der Waals surface area contributed by atoms with Crippen LogP contribution in [0.2, 0.25) is 0 Å². The van der Waals surface area contributed by atoms with Gasteiger partial charge in [-0.25, -0.2) is 13.4 Å². The minimum Gasteiger partial charge on any atom is -0.443 e. The van der Waals surface area contributed by atoms with Gasteiger partial charge < -0.3 is 10.2 Å². The summed E-state index contributed by atoms with van der Waals surface area (Å²) in [6.45, 7) is 1.77. The smallest absolute Gasteiger partial charge is 0.212 e. The number of nitrogens with zero attached hydrogens (tertiary/aromatic N) is 1. The van der Waals surface area contributed by atoms with Crippen molar-refractivity contribution in [2.75, 3.05) is 5.75 Å². The van der Waals surface area contributed by atoms with Crippen molar-refractivity contribution in [2.24, 2.45) is 5.73 Å². The van der Waals surface area contributed by atoms with E-state index in [0.717, 1.165) is 0 Å². The highest BCUT2D eigenvalue weighted by atomic mass is 32.2. The van der Waals surface area contributed by atoms with Gasteiger partial charge in [-0.05, 0) is 19.8 Å². The van der Waals surface area contributed by atoms with E-state index in [9.17, 15) is 8.42 Å². The summed E-state index contributed by atoms with van der Waals surface area (Å²) in [5.74, 6) is 1.06. The summed E-state index contributed by atoms with van der Waals surface area (Å²) in [5, 5.41) is -0.565. The zero-order valence-electron chi connectivity index (χ0n) is 8.51. The van der Waals surface area contributed by atoms with Crippen molar-refractivity contribution in [1.29, 1.82) is 0 Å². The maximum atomic E-state index is 11.6. The molecule has 1 fully saturated rings. The summed E-state index contributed by atoms with van der Waals surface area (Å²) in [6.07, 6.45) is 2.79. The molecule has 0 spiro atoms. The Morgan fingerprint density at radius 1 is 1.67 bits per heavy atom. The fraction of sp³-hybridized carbons (Fsp3) is 0.667. The lowest BCUT2D eigenvalue weighted by Gasteiger charge is -2.04. The van der Waals surface area contributed by atoms with Gasteiger partial charge in [-0.15, -0.1) is 0 Å². The first-order chi connectivity index (χ1) is 7.00. The van der Waals surface area contributed by atoms with E-state index >= 15 is 0 Å². The number of hydrogen-bond acceptors (Lipinski definition) is 5. The second kappa shape index (κ2) is 3.61. The van der Waals surface area contributed by atoms with E-state index in [1.54, 1.807) is 6.92 Å². The molecule has 15 heavy (non-hydrogen) atoms. The van der Waals surface area contributed by atoms with Crippen molar-refractivity contribution in [3.8, 4) is 0 Å². The van der Waals surface area contributed by atoms with Gasteiger partial charge in [0.2, 0.25) is 5.89 Å². The molecule has 1 aliphatic rings. The molecule has 6 heteroatoms. The summed E-state index contributed by atoms with van der Waals surface area (Å²) >= 11 is 0. The van der Waals surface area contributed by atoms with Crippen LogP contribution in [0, 0.1) is 0 Å². The van der Waals surface area contributed by atoms with E-state index < -0.39 is 15.1 Å². The van der Waals surface area contributed by atoms with E-state index in [2.05, 4.69) is 4.98 Å². The van der Waals surface area contributed by atoms with Crippen LogP contribution in [0.5, 0.6) is 0 Å². The first-order valence-corrected chi connectivity index (χ1v) is 6.65. The summed E-state index contributed by atoms with van der Waals surface area (Å²) in [4.78, 5) is 3.99. The van der Waals surface area contributed by atoms with Crippen molar-refractivity contribution < 1.29 is 12.8 Å². The molecular formula is C9H14N2O3S. The van der Waals surface area contributed by atoms with Crippen LogP contribution in [-0.4, -0.2) is 19.2 Å². The molecule has 5 nitrogen and oxygen atoms in total. The molecule has 2 N–H and O–H groups in total. The van der Waals surface area contributed by atoms with E-state index in [-0.39, 0.29) is 11.8 Å². The SMILES string of the molecule is CC(N)c1cnc(C2CCCS2(=O)=O)o1. The van der Waals surface area contributed by atoms with Crippen LogP contribution >= 0.6 is 0 Å². The predicted molar refractivity (Wildman–Crippen MR) is 54.9 cm³/mol. The molecule has 0 aromatic carbocycles. The van der Waals surface area contributed by atoms with E-state index in [4.69, 9.17) is 10.2 Å². The summed E-state index contributed by atoms with van der Waals surface area (Å²) < 4.78 is 28.6. The third kappa shape index (κ3) is 1.91. The van der Waals surface area contributed by atoms with Gasteiger partial charge in [0, 0.05) is 0 Å². The summed E-state index contributed by atoms with van der Waals surface area (Å²) in [6, 6.07) is -0.254. The van der Waals surface area contributed by atoms with Crippen LogP contribution < -0.4 is 5.73 Å². The highest BCUT2D eigenvalue weighted by Crippen LogP contribution is 2.34. The average molecular weight is 230 g/mol. The average Bonchev–Trinajstić information content (AvgIpc) is 2.69. The molecule has 1 aliphatic heterocycles. The molecule has 0 radical (unpaired) electrons. The number of nitrogens with two attached hydrogens (primary N) is 1. The highest BCUT2D eigenvalue weighted by molar-refractivity contribution is 7.91. The lowest BCUT2D eigenvalue weighted by molar-refractivity contribution is 0.424. The Labute approximate surface area is 88.6 Å². The number of sulfone groups is 1. The van der Waals surface area contributed by atoms with Gasteiger partial charge in [0.15, 0.2) is 9.84 Å². The molecule has 1 aromatic rings. The summed E-state index contributed by atoms with van der Waals surface area (Å²) in [5.41, 5.74) is 5.61. The van der Waals surface area contributed by atoms with E-state index in [1.807, 2.05) is 0 Å². The fourth-order valence-electron chi connectivity index (χ4n) is 1.73. The summed E-state index contributed by atoms with van der Waals surface area (Å²) in [7, 11) is -3.05. The number of oxazole rings is 1. The van der Waals surface area contributed by atoms with E-state index in [0.29, 0.717) is 24.5 Å². The van der Waals surface area contributed by atoms with Crippen LogP contribution in [0.25, 0.3) is 0 Å². The molecule has 0 bridgehead atoms. The zero-order valence-corrected chi connectivity index (χ0v) is 9.33. The molecule has 1 aromatic heterocycles. The molecule has 2 rings (SSSR count). The molecule has 1 saturated heterocycles. The third-order valence-corrected chi connectivity index (χ3v) is 4.76. The van der Waals surface area contributed by atoms with Crippen LogP contribution in [-0.2, 0) is 9.84 Å². The highest BCUT2D eigenvalue weighted by Gasteiger charge is 2.36. The first-order valence-electron chi connectivity index (χ1n) is 4.93. The van der Waals surface area contributed by atoms with Crippen LogP contribution in [0.3, 0.4) is 0 Å². The number of hydrogen-bond donors (Lipinski definition) is 1. The van der Waals surface area contributed by atoms with E-state index in [1.165, 1.54) is 6.20 Å². The quantitative estimate of drug-likeness (QED) is 0.817. The Morgan fingerprint density at radius 2 is 2.40 bits per heavy atom. The molecular weight excluding hydrogens is 216 g/mol. The van der Waals surface area contributed by atoms with Crippen molar-refractivity contribution in [3.63, 3.8) is 0 Å². The second-order valence-corrected chi connectivity index (χ2v) is 6.19. The second-order valence-electron chi connectivity index (χ2n) is 3.89. The Morgan fingerprint density at radius 3 is 2.87 bits per heavy atom. The standard InChI is InChI=1S/C9H14N2O3S/c1-6(10)7-5-11-9(14-7)8-3-2-4-15(8,12)13/h5-6,8H,2-4,10H2,1H3. The van der Waals surface area contributed by atoms with Gasteiger partial charge in [-0.3, -0.25) is 0 Å². The third-order valence-electron chi connectivity index (χ3n) is 2.59. The zero-order chi connectivity index (χ0) is 11.1. The lowest BCUT2D eigenvalue weighted by Crippen LogP contribution is -2.08. The van der Waals surface area contributed by atoms with Gasteiger partial charge in [-0.1, -0.05) is 0 Å².